The Morgan fingerprint density at radius 3 is 2.86 bits per heavy atom. The number of rotatable bonds is 1. The molecule has 6 nitrogen and oxygen atoms in total. The summed E-state index contributed by atoms with van der Waals surface area (Å²) < 4.78 is 10.8. The number of fused-ring (bicyclic) bond motifs is 2. The standard InChI is InChI=1S/C16H15N3O3/c17-7-11-4-10-5-14-15(22-9-21-14)6-13(10)18-16(11)19-3-1-2-12(20)8-19/h4-6,12,20H,1-3,8-9H2/p+1/t12-/m0/s1. The van der Waals surface area contributed by atoms with Crippen molar-refractivity contribution in [1.29, 1.82) is 5.26 Å². The minimum Gasteiger partial charge on any atom is -0.454 e. The van der Waals surface area contributed by atoms with Crippen LogP contribution in [0.2, 0.25) is 0 Å². The summed E-state index contributed by atoms with van der Waals surface area (Å²) in [7, 11) is 0. The van der Waals surface area contributed by atoms with Gasteiger partial charge in [-0.05, 0) is 25.0 Å². The van der Waals surface area contributed by atoms with E-state index in [4.69, 9.17) is 9.47 Å². The van der Waals surface area contributed by atoms with Crippen molar-refractivity contribution >= 4 is 16.7 Å². The number of anilines is 1. The Balaban J connectivity index is 1.83. The van der Waals surface area contributed by atoms with Gasteiger partial charge in [0.05, 0.1) is 12.6 Å². The van der Waals surface area contributed by atoms with E-state index < -0.39 is 0 Å². The summed E-state index contributed by atoms with van der Waals surface area (Å²) in [6.07, 6.45) is 1.38. The molecule has 2 N–H and O–H groups in total. The van der Waals surface area contributed by atoms with E-state index in [-0.39, 0.29) is 12.9 Å². The van der Waals surface area contributed by atoms with Crippen molar-refractivity contribution in [2.45, 2.75) is 18.9 Å². The van der Waals surface area contributed by atoms with Gasteiger partial charge in [-0.3, -0.25) is 4.90 Å². The number of aliphatic hydroxyl groups is 1. The molecule has 1 aromatic heterocycles. The monoisotopic (exact) mass is 298 g/mol. The number of pyridine rings is 1. The van der Waals surface area contributed by atoms with E-state index in [2.05, 4.69) is 11.1 Å². The van der Waals surface area contributed by atoms with Crippen LogP contribution in [-0.4, -0.2) is 31.1 Å². The van der Waals surface area contributed by atoms with Gasteiger partial charge in [-0.1, -0.05) is 0 Å². The van der Waals surface area contributed by atoms with Crippen molar-refractivity contribution in [2.24, 2.45) is 0 Å². The zero-order chi connectivity index (χ0) is 15.1. The Labute approximate surface area is 127 Å². The molecule has 0 saturated carbocycles. The normalized spacial score (nSPS) is 20.2. The second kappa shape index (κ2) is 5.04. The zero-order valence-electron chi connectivity index (χ0n) is 12.0. The average molecular weight is 298 g/mol. The first-order chi connectivity index (χ1) is 10.7. The van der Waals surface area contributed by atoms with Gasteiger partial charge in [0, 0.05) is 11.5 Å². The maximum atomic E-state index is 9.87. The highest BCUT2D eigenvalue weighted by Crippen LogP contribution is 2.35. The lowest BCUT2D eigenvalue weighted by molar-refractivity contribution is -0.331. The second-order valence-corrected chi connectivity index (χ2v) is 5.68. The van der Waals surface area contributed by atoms with Crippen LogP contribution in [0.1, 0.15) is 18.4 Å². The van der Waals surface area contributed by atoms with Crippen LogP contribution < -0.4 is 19.4 Å². The molecule has 1 atom stereocenters. The fraction of sp³-hybridized carbons (Fsp3) is 0.375. The molecule has 0 aliphatic carbocycles. The quantitative estimate of drug-likeness (QED) is 0.856. The number of nitriles is 1. The molecule has 0 bridgehead atoms. The maximum absolute atomic E-state index is 9.87. The van der Waals surface area contributed by atoms with Crippen molar-refractivity contribution in [3.8, 4) is 17.6 Å². The molecule has 3 heterocycles. The van der Waals surface area contributed by atoms with E-state index >= 15 is 0 Å². The fourth-order valence-electron chi connectivity index (χ4n) is 3.10. The number of aromatic amines is 1. The van der Waals surface area contributed by atoms with Gasteiger partial charge < -0.3 is 14.6 Å². The summed E-state index contributed by atoms with van der Waals surface area (Å²) in [5, 5.41) is 20.2. The van der Waals surface area contributed by atoms with E-state index in [0.29, 0.717) is 23.6 Å². The molecule has 112 valence electrons. The molecular formula is C16H16N3O3+. The van der Waals surface area contributed by atoms with Gasteiger partial charge in [0.15, 0.2) is 11.5 Å². The Bertz CT molecular complexity index is 784. The highest BCUT2D eigenvalue weighted by atomic mass is 16.7. The largest absolute Gasteiger partial charge is 0.454 e. The van der Waals surface area contributed by atoms with Crippen LogP contribution >= 0.6 is 0 Å². The molecule has 1 aromatic carbocycles. The van der Waals surface area contributed by atoms with Gasteiger partial charge in [0.25, 0.3) is 5.82 Å². The van der Waals surface area contributed by atoms with Crippen LogP contribution in [0.25, 0.3) is 10.9 Å². The summed E-state index contributed by atoms with van der Waals surface area (Å²) in [6, 6.07) is 7.86. The molecule has 2 aliphatic rings. The van der Waals surface area contributed by atoms with Crippen molar-refractivity contribution in [1.82, 2.24) is 0 Å². The number of H-pyrrole nitrogens is 1. The van der Waals surface area contributed by atoms with E-state index in [1.54, 1.807) is 0 Å². The molecule has 2 aromatic rings. The Hall–Kier alpha value is -2.52. The molecule has 2 aliphatic heterocycles. The fourth-order valence-corrected chi connectivity index (χ4v) is 3.10. The Morgan fingerprint density at radius 2 is 2.09 bits per heavy atom. The lowest BCUT2D eigenvalue weighted by Gasteiger charge is -2.25. The number of hydrogen-bond donors (Lipinski definition) is 1. The first kappa shape index (κ1) is 13.2. The smallest absolute Gasteiger partial charge is 0.293 e. The lowest BCUT2D eigenvalue weighted by Crippen LogP contribution is -2.41. The van der Waals surface area contributed by atoms with Crippen LogP contribution in [0.15, 0.2) is 18.2 Å². The molecule has 0 unspecified atom stereocenters. The number of hydrogen-bond acceptors (Lipinski definition) is 5. The lowest BCUT2D eigenvalue weighted by atomic mass is 10.1. The summed E-state index contributed by atoms with van der Waals surface area (Å²) in [5.74, 6) is 2.16. The molecule has 0 spiro atoms. The van der Waals surface area contributed by atoms with Crippen molar-refractivity contribution < 1.29 is 19.6 Å². The summed E-state index contributed by atoms with van der Waals surface area (Å²) in [6.45, 7) is 1.60. The highest BCUT2D eigenvalue weighted by molar-refractivity contribution is 5.83. The third-order valence-corrected chi connectivity index (χ3v) is 4.19. The predicted octanol–water partition coefficient (Wildman–Crippen LogP) is 1.22. The van der Waals surface area contributed by atoms with Gasteiger partial charge in [0.1, 0.15) is 23.7 Å². The van der Waals surface area contributed by atoms with E-state index in [1.807, 2.05) is 23.1 Å². The summed E-state index contributed by atoms with van der Waals surface area (Å²) in [5.41, 5.74) is 1.46. The van der Waals surface area contributed by atoms with Crippen LogP contribution in [0.4, 0.5) is 5.82 Å². The van der Waals surface area contributed by atoms with Crippen molar-refractivity contribution in [2.75, 3.05) is 24.8 Å². The molecule has 6 heteroatoms. The van der Waals surface area contributed by atoms with Gasteiger partial charge >= 0.3 is 0 Å². The highest BCUT2D eigenvalue weighted by Gasteiger charge is 2.28. The zero-order valence-corrected chi connectivity index (χ0v) is 12.0. The maximum Gasteiger partial charge on any atom is 0.293 e. The van der Waals surface area contributed by atoms with Gasteiger partial charge in [-0.2, -0.15) is 5.26 Å². The number of ether oxygens (including phenoxy) is 2. The summed E-state index contributed by atoms with van der Waals surface area (Å²) >= 11 is 0. The van der Waals surface area contributed by atoms with Gasteiger partial charge in [-0.15, -0.1) is 0 Å². The Kier molecular flexibility index (Phi) is 3.01. The summed E-state index contributed by atoms with van der Waals surface area (Å²) in [4.78, 5) is 5.36. The first-order valence-electron chi connectivity index (χ1n) is 7.37. The minimum absolute atomic E-state index is 0.224. The number of nitrogens with one attached hydrogen (secondary N) is 1. The number of benzene rings is 1. The van der Waals surface area contributed by atoms with Crippen LogP contribution in [0, 0.1) is 11.3 Å². The molecular weight excluding hydrogens is 282 g/mol. The van der Waals surface area contributed by atoms with Crippen LogP contribution in [-0.2, 0) is 0 Å². The van der Waals surface area contributed by atoms with E-state index in [1.165, 1.54) is 0 Å². The third kappa shape index (κ3) is 2.11. The third-order valence-electron chi connectivity index (χ3n) is 4.19. The Morgan fingerprint density at radius 1 is 1.27 bits per heavy atom. The van der Waals surface area contributed by atoms with Crippen LogP contribution in [0.3, 0.4) is 0 Å². The average Bonchev–Trinajstić information content (AvgIpc) is 2.98. The van der Waals surface area contributed by atoms with Crippen LogP contribution in [0.5, 0.6) is 11.5 Å². The topological polar surface area (TPSA) is 79.9 Å². The molecule has 0 radical (unpaired) electrons. The molecule has 22 heavy (non-hydrogen) atoms. The first-order valence-corrected chi connectivity index (χ1v) is 7.37. The van der Waals surface area contributed by atoms with Gasteiger partial charge in [0.2, 0.25) is 6.79 Å². The number of piperidine rings is 1. The molecule has 1 fully saturated rings. The van der Waals surface area contributed by atoms with E-state index in [0.717, 1.165) is 36.1 Å². The van der Waals surface area contributed by atoms with Crippen molar-refractivity contribution in [3.05, 3.63) is 23.8 Å². The number of nitrogens with zero attached hydrogens (tertiary/aromatic N) is 2. The number of aromatic nitrogens is 1. The SMILES string of the molecule is N#Cc1cc2cc3c(cc2[nH+]c1N1CCC[C@H](O)C1)OCO3. The second-order valence-electron chi connectivity index (χ2n) is 5.68. The molecule has 0 amide bonds. The van der Waals surface area contributed by atoms with Crippen molar-refractivity contribution in [3.63, 3.8) is 0 Å². The predicted molar refractivity (Wildman–Crippen MR) is 78.8 cm³/mol. The number of β-amino-alcohol motifs (C(OH)–C–C–N with tert-alkyl or cyclic N) is 1. The number of aliphatic hydroxyl groups excluding tert-OH is 1. The minimum atomic E-state index is -0.346. The van der Waals surface area contributed by atoms with E-state index in [9.17, 15) is 10.4 Å². The molecule has 1 saturated heterocycles. The van der Waals surface area contributed by atoms with Gasteiger partial charge in [-0.25, -0.2) is 4.98 Å². The molecule has 4 rings (SSSR count).